The zero-order chi connectivity index (χ0) is 14.4. The molecule has 0 saturated carbocycles. The van der Waals surface area contributed by atoms with Crippen molar-refractivity contribution in [2.24, 2.45) is 5.73 Å². The lowest BCUT2D eigenvalue weighted by Crippen LogP contribution is -2.09. The van der Waals surface area contributed by atoms with E-state index in [0.717, 1.165) is 48.2 Å². The Kier molecular flexibility index (Phi) is 6.00. The molecule has 0 atom stereocenters. The lowest BCUT2D eigenvalue weighted by molar-refractivity contribution is 0.592. The third-order valence-corrected chi connectivity index (χ3v) is 4.79. The number of nitrogens with zero attached hydrogens (tertiary/aromatic N) is 4. The monoisotopic (exact) mass is 311 g/mol. The molecule has 5 nitrogen and oxygen atoms in total. The summed E-state index contributed by atoms with van der Waals surface area (Å²) in [5, 5.41) is 12.7. The average molecular weight is 311 g/mol. The highest BCUT2D eigenvalue weighted by atomic mass is 32.2. The van der Waals surface area contributed by atoms with E-state index in [4.69, 9.17) is 5.73 Å². The molecule has 0 fully saturated rings. The number of hydrogen-bond donors (Lipinski definition) is 1. The summed E-state index contributed by atoms with van der Waals surface area (Å²) in [6, 6.07) is 0. The zero-order valence-electron chi connectivity index (χ0n) is 12.0. The van der Waals surface area contributed by atoms with Gasteiger partial charge >= 0.3 is 0 Å². The summed E-state index contributed by atoms with van der Waals surface area (Å²) in [4.78, 5) is 4.63. The maximum atomic E-state index is 5.69. The van der Waals surface area contributed by atoms with Gasteiger partial charge in [-0.05, 0) is 19.3 Å². The summed E-state index contributed by atoms with van der Waals surface area (Å²) >= 11 is 3.43. The van der Waals surface area contributed by atoms with Crippen molar-refractivity contribution in [2.45, 2.75) is 57.1 Å². The Morgan fingerprint density at radius 3 is 2.85 bits per heavy atom. The molecule has 2 heterocycles. The molecule has 0 spiro atoms. The van der Waals surface area contributed by atoms with Crippen molar-refractivity contribution in [3.63, 3.8) is 0 Å². The van der Waals surface area contributed by atoms with Crippen molar-refractivity contribution in [3.05, 3.63) is 21.9 Å². The van der Waals surface area contributed by atoms with Crippen LogP contribution in [0.5, 0.6) is 0 Å². The van der Waals surface area contributed by atoms with Gasteiger partial charge < -0.3 is 10.3 Å². The van der Waals surface area contributed by atoms with Gasteiger partial charge in [0, 0.05) is 17.7 Å². The van der Waals surface area contributed by atoms with Crippen molar-refractivity contribution < 1.29 is 0 Å². The minimum atomic E-state index is 0.435. The molecule has 110 valence electrons. The summed E-state index contributed by atoms with van der Waals surface area (Å²) in [6.07, 6.45) is 3.26. The summed E-state index contributed by atoms with van der Waals surface area (Å²) in [5.74, 6) is 1.70. The van der Waals surface area contributed by atoms with E-state index in [9.17, 15) is 0 Å². The number of rotatable bonds is 8. The largest absolute Gasteiger partial charge is 0.324 e. The Morgan fingerprint density at radius 2 is 2.15 bits per heavy atom. The molecule has 20 heavy (non-hydrogen) atoms. The molecule has 0 radical (unpaired) electrons. The smallest absolute Gasteiger partial charge is 0.191 e. The van der Waals surface area contributed by atoms with Crippen molar-refractivity contribution in [3.8, 4) is 0 Å². The number of thiazole rings is 1. The van der Waals surface area contributed by atoms with E-state index in [0.29, 0.717) is 6.54 Å². The summed E-state index contributed by atoms with van der Waals surface area (Å²) in [7, 11) is 0. The van der Waals surface area contributed by atoms with E-state index >= 15 is 0 Å². The summed E-state index contributed by atoms with van der Waals surface area (Å²) in [6.45, 7) is 5.68. The Hall–Kier alpha value is -0.920. The van der Waals surface area contributed by atoms with Crippen molar-refractivity contribution >= 4 is 23.1 Å². The molecule has 2 aromatic rings. The summed E-state index contributed by atoms with van der Waals surface area (Å²) < 4.78 is 2.12. The lowest BCUT2D eigenvalue weighted by atomic mass is 10.3. The first kappa shape index (κ1) is 15.5. The number of aryl methyl sites for hydroxylation is 1. The molecule has 0 saturated heterocycles. The van der Waals surface area contributed by atoms with Crippen LogP contribution < -0.4 is 5.73 Å². The fraction of sp³-hybridized carbons (Fsp3) is 0.615. The molecular formula is C13H21N5S2. The molecule has 0 aromatic carbocycles. The van der Waals surface area contributed by atoms with Crippen LogP contribution >= 0.6 is 23.1 Å². The minimum Gasteiger partial charge on any atom is -0.324 e. The van der Waals surface area contributed by atoms with E-state index < -0.39 is 0 Å². The van der Waals surface area contributed by atoms with Crippen molar-refractivity contribution in [1.82, 2.24) is 19.7 Å². The van der Waals surface area contributed by atoms with Crippen LogP contribution in [0, 0.1) is 0 Å². The quantitative estimate of drug-likeness (QED) is 0.759. The Balaban J connectivity index is 2.00. The molecule has 0 amide bonds. The SMILES string of the molecule is CCCc1nc(CSc2nnc(CN)n2CCC)cs1. The fourth-order valence-corrected chi connectivity index (χ4v) is 3.79. The molecule has 7 heteroatoms. The third-order valence-electron chi connectivity index (χ3n) is 2.84. The Bertz CT molecular complexity index is 535. The second-order valence-electron chi connectivity index (χ2n) is 4.53. The fourth-order valence-electron chi connectivity index (χ4n) is 1.91. The van der Waals surface area contributed by atoms with E-state index in [1.165, 1.54) is 5.01 Å². The second kappa shape index (κ2) is 7.75. The van der Waals surface area contributed by atoms with Gasteiger partial charge in [-0.2, -0.15) is 0 Å². The van der Waals surface area contributed by atoms with Crippen LogP contribution in [0.4, 0.5) is 0 Å². The van der Waals surface area contributed by atoms with E-state index in [2.05, 4.69) is 39.0 Å². The van der Waals surface area contributed by atoms with Gasteiger partial charge in [-0.15, -0.1) is 21.5 Å². The molecule has 0 aliphatic heterocycles. The highest BCUT2D eigenvalue weighted by molar-refractivity contribution is 7.98. The predicted octanol–water partition coefficient (Wildman–Crippen LogP) is 2.85. The van der Waals surface area contributed by atoms with Gasteiger partial charge in [0.05, 0.1) is 17.2 Å². The first-order valence-corrected chi connectivity index (χ1v) is 8.83. The second-order valence-corrected chi connectivity index (χ2v) is 6.41. The molecule has 2 N–H and O–H groups in total. The molecule has 0 aliphatic rings. The van der Waals surface area contributed by atoms with Crippen LogP contribution in [-0.2, 0) is 25.3 Å². The standard InChI is InChI=1S/C13H21N5S2/c1-3-5-12-15-10(8-19-12)9-20-13-17-16-11(7-14)18(13)6-4-2/h8H,3-7,9,14H2,1-2H3. The average Bonchev–Trinajstić information content (AvgIpc) is 3.04. The molecule has 0 bridgehead atoms. The van der Waals surface area contributed by atoms with Gasteiger partial charge in [0.25, 0.3) is 0 Å². The predicted molar refractivity (Wildman–Crippen MR) is 83.9 cm³/mol. The van der Waals surface area contributed by atoms with Crippen LogP contribution in [0.15, 0.2) is 10.5 Å². The van der Waals surface area contributed by atoms with Gasteiger partial charge in [0.15, 0.2) is 5.16 Å². The van der Waals surface area contributed by atoms with Crippen molar-refractivity contribution in [1.29, 1.82) is 0 Å². The van der Waals surface area contributed by atoms with Gasteiger partial charge in [0.2, 0.25) is 0 Å². The maximum Gasteiger partial charge on any atom is 0.191 e. The van der Waals surface area contributed by atoms with Crippen LogP contribution in [0.25, 0.3) is 0 Å². The topological polar surface area (TPSA) is 69.6 Å². The molecule has 0 aliphatic carbocycles. The van der Waals surface area contributed by atoms with Crippen molar-refractivity contribution in [2.75, 3.05) is 0 Å². The molecule has 0 unspecified atom stereocenters. The Labute approximate surface area is 128 Å². The van der Waals surface area contributed by atoms with Gasteiger partial charge in [0.1, 0.15) is 5.82 Å². The number of hydrogen-bond acceptors (Lipinski definition) is 6. The highest BCUT2D eigenvalue weighted by Gasteiger charge is 2.11. The Morgan fingerprint density at radius 1 is 1.30 bits per heavy atom. The summed E-state index contributed by atoms with van der Waals surface area (Å²) in [5.41, 5.74) is 6.82. The first-order chi connectivity index (χ1) is 9.78. The number of aromatic nitrogens is 4. The minimum absolute atomic E-state index is 0.435. The van der Waals surface area contributed by atoms with Gasteiger partial charge in [-0.25, -0.2) is 4.98 Å². The lowest BCUT2D eigenvalue weighted by Gasteiger charge is -2.06. The number of nitrogens with two attached hydrogens (primary N) is 1. The van der Waals surface area contributed by atoms with E-state index in [1.807, 2.05) is 0 Å². The number of thioether (sulfide) groups is 1. The third kappa shape index (κ3) is 3.80. The van der Waals surface area contributed by atoms with Crippen LogP contribution in [0.1, 0.15) is 43.2 Å². The zero-order valence-corrected chi connectivity index (χ0v) is 13.6. The van der Waals surface area contributed by atoms with Gasteiger partial charge in [-0.1, -0.05) is 25.6 Å². The first-order valence-electron chi connectivity index (χ1n) is 6.96. The van der Waals surface area contributed by atoms with Gasteiger partial charge in [-0.3, -0.25) is 0 Å². The molecule has 2 rings (SSSR count). The highest BCUT2D eigenvalue weighted by Crippen LogP contribution is 2.23. The maximum absolute atomic E-state index is 5.69. The van der Waals surface area contributed by atoms with E-state index in [-0.39, 0.29) is 0 Å². The molecular weight excluding hydrogens is 290 g/mol. The van der Waals surface area contributed by atoms with Crippen LogP contribution in [-0.4, -0.2) is 19.7 Å². The normalized spacial score (nSPS) is 11.2. The molecule has 2 aromatic heterocycles. The van der Waals surface area contributed by atoms with Crippen LogP contribution in [0.2, 0.25) is 0 Å². The van der Waals surface area contributed by atoms with Crippen LogP contribution in [0.3, 0.4) is 0 Å². The van der Waals surface area contributed by atoms with E-state index in [1.54, 1.807) is 23.1 Å².